The zero-order valence-electron chi connectivity index (χ0n) is 8.18. The number of nitrogen functional groups attached to an aromatic ring is 2. The molecule has 0 aromatic carbocycles. The summed E-state index contributed by atoms with van der Waals surface area (Å²) in [6, 6.07) is 3.65. The first-order chi connectivity index (χ1) is 7.66. The standard InChI is InChI=1S/C9H9BrN6/c10-5-1-2-6(13-3-5)16-9-7(11)8(12)14-4-15-9/h1-4H,11H2,(H3,12,13,14,15,16). The van der Waals surface area contributed by atoms with E-state index in [0.717, 1.165) is 4.47 Å². The lowest BCUT2D eigenvalue weighted by atomic mass is 10.4. The molecule has 82 valence electrons. The number of aromatic nitrogens is 3. The Bertz CT molecular complexity index is 498. The molecular weight excluding hydrogens is 272 g/mol. The monoisotopic (exact) mass is 280 g/mol. The molecule has 0 fully saturated rings. The lowest BCUT2D eigenvalue weighted by Crippen LogP contribution is -2.05. The van der Waals surface area contributed by atoms with Gasteiger partial charge in [0.1, 0.15) is 17.8 Å². The fourth-order valence-electron chi connectivity index (χ4n) is 1.08. The van der Waals surface area contributed by atoms with Gasteiger partial charge in [-0.15, -0.1) is 0 Å². The molecule has 16 heavy (non-hydrogen) atoms. The van der Waals surface area contributed by atoms with E-state index < -0.39 is 0 Å². The topological polar surface area (TPSA) is 103 Å². The summed E-state index contributed by atoms with van der Waals surface area (Å²) < 4.78 is 0.897. The predicted octanol–water partition coefficient (Wildman–Crippen LogP) is 1.54. The first kappa shape index (κ1) is 10.6. The van der Waals surface area contributed by atoms with Crippen LogP contribution in [-0.4, -0.2) is 15.0 Å². The number of nitrogens with zero attached hydrogens (tertiary/aromatic N) is 3. The maximum Gasteiger partial charge on any atom is 0.160 e. The van der Waals surface area contributed by atoms with Crippen molar-refractivity contribution >= 4 is 39.1 Å². The van der Waals surface area contributed by atoms with Crippen LogP contribution < -0.4 is 16.8 Å². The van der Waals surface area contributed by atoms with Crippen LogP contribution >= 0.6 is 15.9 Å². The van der Waals surface area contributed by atoms with E-state index in [2.05, 4.69) is 36.2 Å². The largest absolute Gasteiger partial charge is 0.393 e. The Kier molecular flexibility index (Phi) is 2.86. The zero-order chi connectivity index (χ0) is 11.5. The van der Waals surface area contributed by atoms with Crippen molar-refractivity contribution in [3.05, 3.63) is 29.1 Å². The number of nitrogens with one attached hydrogen (secondary N) is 1. The van der Waals surface area contributed by atoms with Crippen LogP contribution in [0, 0.1) is 0 Å². The summed E-state index contributed by atoms with van der Waals surface area (Å²) in [6.07, 6.45) is 3.01. The SMILES string of the molecule is Nc1ncnc(Nc2ccc(Br)cn2)c1N. The summed E-state index contributed by atoms with van der Waals surface area (Å²) in [5.74, 6) is 1.32. The highest BCUT2D eigenvalue weighted by Crippen LogP contribution is 2.22. The van der Waals surface area contributed by atoms with E-state index in [0.29, 0.717) is 17.3 Å². The van der Waals surface area contributed by atoms with Crippen LogP contribution in [0.5, 0.6) is 0 Å². The molecule has 0 saturated heterocycles. The second-order valence-electron chi connectivity index (χ2n) is 3.01. The van der Waals surface area contributed by atoms with Crippen molar-refractivity contribution in [2.45, 2.75) is 0 Å². The van der Waals surface area contributed by atoms with E-state index >= 15 is 0 Å². The Balaban J connectivity index is 2.27. The minimum Gasteiger partial charge on any atom is -0.393 e. The van der Waals surface area contributed by atoms with Gasteiger partial charge in [0.15, 0.2) is 11.6 Å². The first-order valence-corrected chi connectivity index (χ1v) is 5.20. The minimum atomic E-state index is 0.245. The van der Waals surface area contributed by atoms with Gasteiger partial charge in [-0.05, 0) is 28.1 Å². The van der Waals surface area contributed by atoms with E-state index in [1.54, 1.807) is 12.3 Å². The molecule has 0 atom stereocenters. The van der Waals surface area contributed by atoms with Gasteiger partial charge < -0.3 is 16.8 Å². The summed E-state index contributed by atoms with van der Waals surface area (Å²) in [4.78, 5) is 11.9. The number of nitrogens with two attached hydrogens (primary N) is 2. The van der Waals surface area contributed by atoms with Crippen LogP contribution in [0.2, 0.25) is 0 Å². The van der Waals surface area contributed by atoms with Gasteiger partial charge in [0.2, 0.25) is 0 Å². The lowest BCUT2D eigenvalue weighted by molar-refractivity contribution is 1.17. The number of halogens is 1. The molecule has 0 unspecified atom stereocenters. The van der Waals surface area contributed by atoms with E-state index in [4.69, 9.17) is 11.5 Å². The Morgan fingerprint density at radius 1 is 1.12 bits per heavy atom. The number of anilines is 4. The summed E-state index contributed by atoms with van der Waals surface area (Å²) in [5, 5.41) is 2.95. The maximum absolute atomic E-state index is 5.71. The average molecular weight is 281 g/mol. The minimum absolute atomic E-state index is 0.245. The Labute approximate surface area is 100 Å². The summed E-state index contributed by atoms with van der Waals surface area (Å²) in [5.41, 5.74) is 11.6. The molecule has 0 aliphatic rings. The van der Waals surface area contributed by atoms with Gasteiger partial charge in [0.25, 0.3) is 0 Å². The molecule has 0 aliphatic carbocycles. The van der Waals surface area contributed by atoms with Gasteiger partial charge in [0, 0.05) is 10.7 Å². The molecule has 6 nitrogen and oxygen atoms in total. The fourth-order valence-corrected chi connectivity index (χ4v) is 1.31. The van der Waals surface area contributed by atoms with E-state index in [-0.39, 0.29) is 5.82 Å². The van der Waals surface area contributed by atoms with Gasteiger partial charge >= 0.3 is 0 Å². The highest BCUT2D eigenvalue weighted by molar-refractivity contribution is 9.10. The van der Waals surface area contributed by atoms with Crippen LogP contribution in [0.15, 0.2) is 29.1 Å². The summed E-state index contributed by atoms with van der Waals surface area (Å²) in [7, 11) is 0. The molecule has 2 aromatic rings. The molecule has 0 aliphatic heterocycles. The van der Waals surface area contributed by atoms with E-state index in [1.165, 1.54) is 6.33 Å². The summed E-state index contributed by atoms with van der Waals surface area (Å²) >= 11 is 3.30. The van der Waals surface area contributed by atoms with Crippen LogP contribution in [0.1, 0.15) is 0 Å². The van der Waals surface area contributed by atoms with Crippen molar-refractivity contribution in [2.75, 3.05) is 16.8 Å². The molecule has 0 saturated carbocycles. The number of pyridine rings is 1. The lowest BCUT2D eigenvalue weighted by Gasteiger charge is -2.07. The van der Waals surface area contributed by atoms with Crippen LogP contribution in [0.25, 0.3) is 0 Å². The molecule has 0 spiro atoms. The second kappa shape index (κ2) is 4.31. The van der Waals surface area contributed by atoms with Crippen LogP contribution in [0.4, 0.5) is 23.1 Å². The van der Waals surface area contributed by atoms with Gasteiger partial charge in [-0.1, -0.05) is 0 Å². The van der Waals surface area contributed by atoms with Gasteiger partial charge in [0.05, 0.1) is 0 Å². The first-order valence-electron chi connectivity index (χ1n) is 4.41. The molecule has 5 N–H and O–H groups in total. The molecule has 7 heteroatoms. The Morgan fingerprint density at radius 3 is 2.62 bits per heavy atom. The Hall–Kier alpha value is -1.89. The van der Waals surface area contributed by atoms with Gasteiger partial charge in [-0.25, -0.2) is 15.0 Å². The molecule has 2 rings (SSSR count). The Morgan fingerprint density at radius 2 is 1.94 bits per heavy atom. The summed E-state index contributed by atoms with van der Waals surface area (Å²) in [6.45, 7) is 0. The van der Waals surface area contributed by atoms with Crippen molar-refractivity contribution < 1.29 is 0 Å². The van der Waals surface area contributed by atoms with Crippen LogP contribution in [0.3, 0.4) is 0 Å². The van der Waals surface area contributed by atoms with Crippen molar-refractivity contribution in [3.8, 4) is 0 Å². The predicted molar refractivity (Wildman–Crippen MR) is 66.1 cm³/mol. The fraction of sp³-hybridized carbons (Fsp3) is 0. The van der Waals surface area contributed by atoms with Crippen molar-refractivity contribution in [1.82, 2.24) is 15.0 Å². The molecule has 0 bridgehead atoms. The number of hydrogen-bond donors (Lipinski definition) is 3. The molecule has 0 amide bonds. The van der Waals surface area contributed by atoms with E-state index in [1.807, 2.05) is 6.07 Å². The van der Waals surface area contributed by atoms with Crippen molar-refractivity contribution in [1.29, 1.82) is 0 Å². The average Bonchev–Trinajstić information content (AvgIpc) is 2.28. The highest BCUT2D eigenvalue weighted by Gasteiger charge is 2.05. The molecule has 2 aromatic heterocycles. The number of hydrogen-bond acceptors (Lipinski definition) is 6. The smallest absolute Gasteiger partial charge is 0.160 e. The third-order valence-electron chi connectivity index (χ3n) is 1.89. The van der Waals surface area contributed by atoms with E-state index in [9.17, 15) is 0 Å². The second-order valence-corrected chi connectivity index (χ2v) is 3.92. The molecule has 0 radical (unpaired) electrons. The normalized spacial score (nSPS) is 10.1. The quantitative estimate of drug-likeness (QED) is 0.771. The van der Waals surface area contributed by atoms with Gasteiger partial charge in [-0.3, -0.25) is 0 Å². The van der Waals surface area contributed by atoms with Crippen molar-refractivity contribution in [2.24, 2.45) is 0 Å². The molecular formula is C9H9BrN6. The number of rotatable bonds is 2. The van der Waals surface area contributed by atoms with Crippen LogP contribution in [-0.2, 0) is 0 Å². The van der Waals surface area contributed by atoms with Crippen molar-refractivity contribution in [3.63, 3.8) is 0 Å². The third-order valence-corrected chi connectivity index (χ3v) is 2.36. The zero-order valence-corrected chi connectivity index (χ0v) is 9.77. The maximum atomic E-state index is 5.71. The molecule has 2 heterocycles. The highest BCUT2D eigenvalue weighted by atomic mass is 79.9. The third kappa shape index (κ3) is 2.19. The van der Waals surface area contributed by atoms with Gasteiger partial charge in [-0.2, -0.15) is 0 Å².